The predicted molar refractivity (Wildman–Crippen MR) is 72.0 cm³/mol. The summed E-state index contributed by atoms with van der Waals surface area (Å²) in [7, 11) is 3.32. The molecule has 0 radical (unpaired) electrons. The Morgan fingerprint density at radius 3 is 3.11 bits per heavy atom. The highest BCUT2D eigenvalue weighted by molar-refractivity contribution is 6.00. The maximum absolute atomic E-state index is 12.3. The normalized spacial score (nSPS) is 12.6. The van der Waals surface area contributed by atoms with E-state index >= 15 is 0 Å². The summed E-state index contributed by atoms with van der Waals surface area (Å²) in [6.07, 6.45) is 3.39. The van der Waals surface area contributed by atoms with Gasteiger partial charge in [-0.25, -0.2) is 4.52 Å². The molecule has 1 atom stereocenters. The number of ether oxygens (including phenoxy) is 1. The van der Waals surface area contributed by atoms with Crippen LogP contribution >= 0.6 is 0 Å². The third-order valence-corrected chi connectivity index (χ3v) is 2.89. The zero-order valence-corrected chi connectivity index (χ0v) is 11.1. The Bertz CT molecular complexity index is 567. The van der Waals surface area contributed by atoms with E-state index in [2.05, 4.69) is 5.10 Å². The number of carbonyl (C=O) groups excluding carboxylic acids is 1. The second-order valence-corrected chi connectivity index (χ2v) is 4.49. The molecule has 0 saturated heterocycles. The van der Waals surface area contributed by atoms with Gasteiger partial charge in [-0.3, -0.25) is 4.79 Å². The molecular weight excluding hydrogens is 244 g/mol. The van der Waals surface area contributed by atoms with Crippen LogP contribution in [-0.2, 0) is 4.74 Å². The number of hydrogen-bond acceptors (Lipinski definition) is 4. The van der Waals surface area contributed by atoms with Gasteiger partial charge >= 0.3 is 0 Å². The minimum absolute atomic E-state index is 0.0900. The van der Waals surface area contributed by atoms with Crippen LogP contribution in [0.1, 0.15) is 10.4 Å². The second-order valence-electron chi connectivity index (χ2n) is 4.49. The van der Waals surface area contributed by atoms with Crippen LogP contribution in [0.3, 0.4) is 0 Å². The SMILES string of the molecule is COCC(N)CN(C)C(=O)c1cnn2ccccc12. The molecule has 1 amide bonds. The van der Waals surface area contributed by atoms with Crippen molar-refractivity contribution in [2.24, 2.45) is 5.73 Å². The second kappa shape index (κ2) is 5.81. The summed E-state index contributed by atoms with van der Waals surface area (Å²) in [6, 6.07) is 5.42. The lowest BCUT2D eigenvalue weighted by Crippen LogP contribution is -2.41. The number of pyridine rings is 1. The fourth-order valence-corrected chi connectivity index (χ4v) is 2.01. The summed E-state index contributed by atoms with van der Waals surface area (Å²) < 4.78 is 6.64. The molecule has 0 aliphatic heterocycles. The van der Waals surface area contributed by atoms with Crippen LogP contribution < -0.4 is 5.73 Å². The van der Waals surface area contributed by atoms with Gasteiger partial charge in [0.25, 0.3) is 5.91 Å². The highest BCUT2D eigenvalue weighted by Crippen LogP contribution is 2.12. The van der Waals surface area contributed by atoms with Crippen LogP contribution in [0.5, 0.6) is 0 Å². The summed E-state index contributed by atoms with van der Waals surface area (Å²) >= 11 is 0. The van der Waals surface area contributed by atoms with Crippen LogP contribution in [0.4, 0.5) is 0 Å². The first kappa shape index (κ1) is 13.5. The Labute approximate surface area is 111 Å². The Kier molecular flexibility index (Phi) is 4.13. The third-order valence-electron chi connectivity index (χ3n) is 2.89. The van der Waals surface area contributed by atoms with Crippen LogP contribution in [0.25, 0.3) is 5.52 Å². The molecule has 2 N–H and O–H groups in total. The number of likely N-dealkylation sites (N-methyl/N-ethyl adjacent to an activating group) is 1. The zero-order chi connectivity index (χ0) is 13.8. The molecular formula is C13H18N4O2. The van der Waals surface area contributed by atoms with Gasteiger partial charge in [-0.05, 0) is 12.1 Å². The van der Waals surface area contributed by atoms with Crippen LogP contribution in [0.15, 0.2) is 30.6 Å². The smallest absolute Gasteiger partial charge is 0.257 e. The van der Waals surface area contributed by atoms with Crippen molar-refractivity contribution in [2.45, 2.75) is 6.04 Å². The molecule has 0 aliphatic rings. The maximum atomic E-state index is 12.3. The quantitative estimate of drug-likeness (QED) is 0.845. The van der Waals surface area contributed by atoms with E-state index in [4.69, 9.17) is 10.5 Å². The first-order chi connectivity index (χ1) is 9.13. The topological polar surface area (TPSA) is 72.9 Å². The number of fused-ring (bicyclic) bond motifs is 1. The number of rotatable bonds is 5. The van der Waals surface area contributed by atoms with Gasteiger partial charge in [-0.2, -0.15) is 5.10 Å². The fraction of sp³-hybridized carbons (Fsp3) is 0.385. The summed E-state index contributed by atoms with van der Waals surface area (Å²) in [5.74, 6) is -0.0900. The predicted octanol–water partition coefficient (Wildman–Crippen LogP) is 0.380. The van der Waals surface area contributed by atoms with Crippen molar-refractivity contribution in [1.29, 1.82) is 0 Å². The first-order valence-electron chi connectivity index (χ1n) is 6.06. The lowest BCUT2D eigenvalue weighted by atomic mass is 10.2. The Hall–Kier alpha value is -1.92. The Balaban J connectivity index is 2.15. The van der Waals surface area contributed by atoms with Gasteiger partial charge in [-0.15, -0.1) is 0 Å². The van der Waals surface area contributed by atoms with Gasteiger partial charge in [0, 0.05) is 32.9 Å². The highest BCUT2D eigenvalue weighted by atomic mass is 16.5. The van der Waals surface area contributed by atoms with Crippen LogP contribution in [-0.4, -0.2) is 53.8 Å². The van der Waals surface area contributed by atoms with E-state index in [9.17, 15) is 4.79 Å². The summed E-state index contributed by atoms with van der Waals surface area (Å²) in [4.78, 5) is 13.9. The molecule has 1 unspecified atom stereocenters. The Morgan fingerprint density at radius 2 is 2.37 bits per heavy atom. The van der Waals surface area contributed by atoms with E-state index in [0.29, 0.717) is 18.7 Å². The van der Waals surface area contributed by atoms with Crippen molar-refractivity contribution < 1.29 is 9.53 Å². The fourth-order valence-electron chi connectivity index (χ4n) is 2.01. The number of carbonyl (C=O) groups is 1. The number of nitrogens with zero attached hydrogens (tertiary/aromatic N) is 3. The molecule has 2 heterocycles. The molecule has 0 aromatic carbocycles. The van der Waals surface area contributed by atoms with E-state index in [1.165, 1.54) is 0 Å². The van der Waals surface area contributed by atoms with Crippen LogP contribution in [0, 0.1) is 0 Å². The van der Waals surface area contributed by atoms with Crippen molar-refractivity contribution >= 4 is 11.4 Å². The summed E-state index contributed by atoms with van der Waals surface area (Å²) in [5.41, 5.74) is 7.22. The third kappa shape index (κ3) is 2.91. The zero-order valence-electron chi connectivity index (χ0n) is 11.1. The molecule has 0 spiro atoms. The highest BCUT2D eigenvalue weighted by Gasteiger charge is 2.18. The van der Waals surface area contributed by atoms with Crippen molar-refractivity contribution in [3.8, 4) is 0 Å². The van der Waals surface area contributed by atoms with E-state index in [1.54, 1.807) is 29.8 Å². The lowest BCUT2D eigenvalue weighted by Gasteiger charge is -2.20. The van der Waals surface area contributed by atoms with E-state index in [-0.39, 0.29) is 11.9 Å². The van der Waals surface area contributed by atoms with Crippen molar-refractivity contribution in [3.05, 3.63) is 36.2 Å². The molecule has 0 bridgehead atoms. The monoisotopic (exact) mass is 262 g/mol. The molecule has 0 fully saturated rings. The molecule has 0 saturated carbocycles. The average Bonchev–Trinajstić information content (AvgIpc) is 2.81. The lowest BCUT2D eigenvalue weighted by molar-refractivity contribution is 0.0766. The molecule has 102 valence electrons. The van der Waals surface area contributed by atoms with Crippen molar-refractivity contribution in [1.82, 2.24) is 14.5 Å². The van der Waals surface area contributed by atoms with E-state index < -0.39 is 0 Å². The van der Waals surface area contributed by atoms with Crippen molar-refractivity contribution in [2.75, 3.05) is 27.3 Å². The van der Waals surface area contributed by atoms with E-state index in [0.717, 1.165) is 5.52 Å². The molecule has 2 aromatic heterocycles. The molecule has 2 aromatic rings. The molecule has 0 aliphatic carbocycles. The summed E-state index contributed by atoms with van der Waals surface area (Å²) in [5, 5.41) is 4.15. The number of hydrogen-bond donors (Lipinski definition) is 1. The number of amides is 1. The van der Waals surface area contributed by atoms with Gasteiger partial charge in [0.05, 0.1) is 23.9 Å². The molecule has 2 rings (SSSR count). The number of aromatic nitrogens is 2. The minimum atomic E-state index is -0.194. The molecule has 6 nitrogen and oxygen atoms in total. The Morgan fingerprint density at radius 1 is 1.58 bits per heavy atom. The maximum Gasteiger partial charge on any atom is 0.257 e. The molecule has 19 heavy (non-hydrogen) atoms. The van der Waals surface area contributed by atoms with Gasteiger partial charge in [0.15, 0.2) is 0 Å². The standard InChI is InChI=1S/C13H18N4O2/c1-16(8-10(14)9-19-2)13(18)11-7-15-17-6-4-3-5-12(11)17/h3-7,10H,8-9,14H2,1-2H3. The van der Waals surface area contributed by atoms with Crippen LogP contribution in [0.2, 0.25) is 0 Å². The van der Waals surface area contributed by atoms with Gasteiger partial charge in [0.2, 0.25) is 0 Å². The van der Waals surface area contributed by atoms with Gasteiger partial charge in [0.1, 0.15) is 0 Å². The largest absolute Gasteiger partial charge is 0.383 e. The number of nitrogens with two attached hydrogens (primary N) is 1. The van der Waals surface area contributed by atoms with Gasteiger partial charge in [-0.1, -0.05) is 6.07 Å². The average molecular weight is 262 g/mol. The molecule has 6 heteroatoms. The van der Waals surface area contributed by atoms with Gasteiger partial charge < -0.3 is 15.4 Å². The first-order valence-corrected chi connectivity index (χ1v) is 6.06. The summed E-state index contributed by atoms with van der Waals surface area (Å²) in [6.45, 7) is 0.864. The van der Waals surface area contributed by atoms with Crippen molar-refractivity contribution in [3.63, 3.8) is 0 Å². The van der Waals surface area contributed by atoms with E-state index in [1.807, 2.05) is 24.4 Å². The minimum Gasteiger partial charge on any atom is -0.383 e. The number of methoxy groups -OCH3 is 1.